The van der Waals surface area contributed by atoms with Gasteiger partial charge in [0.25, 0.3) is 15.9 Å². The van der Waals surface area contributed by atoms with E-state index in [2.05, 4.69) is 30.4 Å². The molecule has 2 aromatic heterocycles. The first kappa shape index (κ1) is 22.2. The van der Waals surface area contributed by atoms with Crippen LogP contribution in [0.25, 0.3) is 11.3 Å². The summed E-state index contributed by atoms with van der Waals surface area (Å²) in [5.41, 5.74) is 2.02. The number of rotatable bonds is 7. The Kier molecular flexibility index (Phi) is 6.24. The molecule has 0 aliphatic carbocycles. The number of nitrogens with one attached hydrogen (secondary N) is 3. The molecule has 0 atom stereocenters. The number of H-pyrrole nitrogens is 1. The van der Waals surface area contributed by atoms with Gasteiger partial charge in [0.2, 0.25) is 0 Å². The number of anilines is 2. The van der Waals surface area contributed by atoms with Crippen molar-refractivity contribution in [2.24, 2.45) is 0 Å². The van der Waals surface area contributed by atoms with E-state index in [-0.39, 0.29) is 21.6 Å². The van der Waals surface area contributed by atoms with Crippen LogP contribution < -0.4 is 14.8 Å². The van der Waals surface area contributed by atoms with Crippen molar-refractivity contribution in [3.63, 3.8) is 0 Å². The molecule has 10 nitrogen and oxygen atoms in total. The van der Waals surface area contributed by atoms with E-state index in [9.17, 15) is 13.2 Å². The summed E-state index contributed by atoms with van der Waals surface area (Å²) in [5.74, 6) is 0.277. The quantitative estimate of drug-likeness (QED) is 0.364. The number of carbonyl (C=O) groups is 1. The van der Waals surface area contributed by atoms with Crippen molar-refractivity contribution in [3.05, 3.63) is 77.6 Å². The van der Waals surface area contributed by atoms with Crippen LogP contribution in [-0.4, -0.2) is 41.8 Å². The zero-order chi connectivity index (χ0) is 23.4. The van der Waals surface area contributed by atoms with E-state index in [0.717, 1.165) is 5.56 Å². The number of amides is 1. The Morgan fingerprint density at radius 1 is 1.03 bits per heavy atom. The van der Waals surface area contributed by atoms with Crippen LogP contribution in [0.5, 0.6) is 5.75 Å². The first-order valence-corrected chi connectivity index (χ1v) is 11.3. The number of benzene rings is 2. The topological polar surface area (TPSA) is 139 Å². The van der Waals surface area contributed by atoms with Gasteiger partial charge in [0, 0.05) is 11.3 Å². The zero-order valence-electron chi connectivity index (χ0n) is 17.1. The highest BCUT2D eigenvalue weighted by Crippen LogP contribution is 2.23. The van der Waals surface area contributed by atoms with E-state index < -0.39 is 15.9 Å². The van der Waals surface area contributed by atoms with Gasteiger partial charge in [0.1, 0.15) is 11.4 Å². The maximum atomic E-state index is 12.6. The summed E-state index contributed by atoms with van der Waals surface area (Å²) in [5, 5.41) is 17.0. The maximum Gasteiger partial charge on any atom is 0.273 e. The van der Waals surface area contributed by atoms with Crippen LogP contribution >= 0.6 is 11.6 Å². The van der Waals surface area contributed by atoms with Gasteiger partial charge in [-0.05, 0) is 54.6 Å². The third kappa shape index (κ3) is 5.27. The first-order chi connectivity index (χ1) is 15.8. The summed E-state index contributed by atoms with van der Waals surface area (Å²) in [7, 11) is -2.32. The molecule has 1 amide bonds. The van der Waals surface area contributed by atoms with Crippen LogP contribution in [0.15, 0.2) is 71.6 Å². The number of aromatic amines is 1. The zero-order valence-corrected chi connectivity index (χ0v) is 18.7. The van der Waals surface area contributed by atoms with Crippen molar-refractivity contribution in [1.29, 1.82) is 0 Å². The third-order valence-corrected chi connectivity index (χ3v) is 6.05. The Bertz CT molecular complexity index is 1390. The molecule has 12 heteroatoms. The Morgan fingerprint density at radius 2 is 1.82 bits per heavy atom. The van der Waals surface area contributed by atoms with Gasteiger partial charge in [-0.25, -0.2) is 8.42 Å². The molecule has 0 radical (unpaired) electrons. The number of hydrogen-bond acceptors (Lipinski definition) is 7. The molecule has 0 fully saturated rings. The first-order valence-electron chi connectivity index (χ1n) is 9.47. The molecule has 4 rings (SSSR count). The average molecular weight is 485 g/mol. The molecule has 0 unspecified atom stereocenters. The van der Waals surface area contributed by atoms with E-state index in [1.807, 2.05) is 18.2 Å². The monoisotopic (exact) mass is 484 g/mol. The molecular weight excluding hydrogens is 468 g/mol. The fraction of sp³-hybridized carbons (Fsp3) is 0.0476. The Hall–Kier alpha value is -3.96. The lowest BCUT2D eigenvalue weighted by atomic mass is 10.1. The number of nitrogens with zero attached hydrogens (tertiary/aromatic N) is 3. The number of aromatic nitrogens is 4. The van der Waals surface area contributed by atoms with E-state index in [4.69, 9.17) is 16.3 Å². The lowest BCUT2D eigenvalue weighted by Gasteiger charge is -2.08. The molecule has 3 N–H and O–H groups in total. The van der Waals surface area contributed by atoms with Gasteiger partial charge in [-0.15, -0.1) is 10.2 Å². The van der Waals surface area contributed by atoms with E-state index >= 15 is 0 Å². The minimum absolute atomic E-state index is 0.0147. The number of sulfonamides is 1. The molecule has 0 saturated carbocycles. The predicted molar refractivity (Wildman–Crippen MR) is 123 cm³/mol. The van der Waals surface area contributed by atoms with E-state index in [0.29, 0.717) is 17.1 Å². The van der Waals surface area contributed by atoms with Gasteiger partial charge < -0.3 is 10.1 Å². The SMILES string of the molecule is COc1cccc(-c2cc(C(=O)Nc3ccc(S(=O)(=O)Nc4ccc(Cl)nn4)cc3)[nH]n2)c1. The third-order valence-electron chi connectivity index (χ3n) is 4.48. The van der Waals surface area contributed by atoms with Crippen LogP contribution in [0.1, 0.15) is 10.5 Å². The van der Waals surface area contributed by atoms with Gasteiger partial charge in [0.05, 0.1) is 17.7 Å². The Labute approximate surface area is 194 Å². The summed E-state index contributed by atoms with van der Waals surface area (Å²) in [4.78, 5) is 12.6. The minimum atomic E-state index is -3.89. The normalized spacial score (nSPS) is 11.1. The second kappa shape index (κ2) is 9.27. The molecule has 0 saturated heterocycles. The summed E-state index contributed by atoms with van der Waals surface area (Å²) in [6.45, 7) is 0. The number of hydrogen-bond donors (Lipinski definition) is 3. The van der Waals surface area contributed by atoms with Crippen molar-refractivity contribution in [2.45, 2.75) is 4.90 Å². The molecule has 0 bridgehead atoms. The molecule has 4 aromatic rings. The molecule has 2 aromatic carbocycles. The molecule has 2 heterocycles. The van der Waals surface area contributed by atoms with Crippen LogP contribution in [0.4, 0.5) is 11.5 Å². The van der Waals surface area contributed by atoms with Crippen LogP contribution in [0.2, 0.25) is 5.15 Å². The smallest absolute Gasteiger partial charge is 0.273 e. The van der Waals surface area contributed by atoms with Crippen LogP contribution in [0.3, 0.4) is 0 Å². The summed E-state index contributed by atoms with van der Waals surface area (Å²) in [6, 6.07) is 17.4. The van der Waals surface area contributed by atoms with Gasteiger partial charge in [-0.3, -0.25) is 14.6 Å². The highest BCUT2D eigenvalue weighted by atomic mass is 35.5. The van der Waals surface area contributed by atoms with E-state index in [1.54, 1.807) is 19.2 Å². The Balaban J connectivity index is 1.44. The fourth-order valence-corrected chi connectivity index (χ4v) is 3.95. The second-order valence-corrected chi connectivity index (χ2v) is 8.79. The number of halogens is 1. The Morgan fingerprint density at radius 3 is 2.52 bits per heavy atom. The van der Waals surface area contributed by atoms with Crippen molar-refractivity contribution < 1.29 is 17.9 Å². The highest BCUT2D eigenvalue weighted by molar-refractivity contribution is 7.92. The van der Waals surface area contributed by atoms with Crippen molar-refractivity contribution in [2.75, 3.05) is 17.1 Å². The number of methoxy groups -OCH3 is 1. The molecule has 168 valence electrons. The van der Waals surface area contributed by atoms with Gasteiger partial charge >= 0.3 is 0 Å². The maximum absolute atomic E-state index is 12.6. The van der Waals surface area contributed by atoms with Crippen molar-refractivity contribution >= 4 is 39.0 Å². The lowest BCUT2D eigenvalue weighted by Crippen LogP contribution is -2.15. The fourth-order valence-electron chi connectivity index (χ4n) is 2.85. The second-order valence-electron chi connectivity index (χ2n) is 6.72. The van der Waals surface area contributed by atoms with Gasteiger partial charge in [0.15, 0.2) is 11.0 Å². The van der Waals surface area contributed by atoms with Gasteiger partial charge in [-0.2, -0.15) is 5.10 Å². The minimum Gasteiger partial charge on any atom is -0.497 e. The lowest BCUT2D eigenvalue weighted by molar-refractivity contribution is 0.102. The number of ether oxygens (including phenoxy) is 1. The molecule has 33 heavy (non-hydrogen) atoms. The summed E-state index contributed by atoms with van der Waals surface area (Å²) in [6.07, 6.45) is 0. The molecule has 0 aliphatic heterocycles. The summed E-state index contributed by atoms with van der Waals surface area (Å²) < 4.78 is 32.5. The largest absolute Gasteiger partial charge is 0.497 e. The standard InChI is InChI=1S/C21H17ClN6O4S/c1-32-15-4-2-3-13(11-15)17-12-18(25-24-17)21(29)23-14-5-7-16(8-6-14)33(30,31)28-20-10-9-19(22)26-27-20/h2-12H,1H3,(H,23,29)(H,24,25)(H,27,28). The van der Waals surface area contributed by atoms with Crippen LogP contribution in [-0.2, 0) is 10.0 Å². The van der Waals surface area contributed by atoms with E-state index in [1.165, 1.54) is 36.4 Å². The predicted octanol–water partition coefficient (Wildman–Crippen LogP) is 3.58. The number of carbonyl (C=O) groups excluding carboxylic acids is 1. The molecular formula is C21H17ClN6O4S. The van der Waals surface area contributed by atoms with Crippen molar-refractivity contribution in [3.8, 4) is 17.0 Å². The highest BCUT2D eigenvalue weighted by Gasteiger charge is 2.16. The van der Waals surface area contributed by atoms with Crippen molar-refractivity contribution in [1.82, 2.24) is 20.4 Å². The molecule has 0 aliphatic rings. The average Bonchev–Trinajstić information content (AvgIpc) is 3.31. The van der Waals surface area contributed by atoms with Gasteiger partial charge in [-0.1, -0.05) is 23.7 Å². The summed E-state index contributed by atoms with van der Waals surface area (Å²) >= 11 is 5.65. The molecule has 0 spiro atoms. The van der Waals surface area contributed by atoms with Crippen LogP contribution in [0, 0.1) is 0 Å².